The van der Waals surface area contributed by atoms with Crippen LogP contribution >= 0.6 is 0 Å². The molecule has 0 amide bonds. The molecule has 0 saturated carbocycles. The average molecular weight is 636 g/mol. The first-order valence-electron chi connectivity index (χ1n) is 22.3. The molecule has 0 unspecified atom stereocenters. The van der Waals surface area contributed by atoms with E-state index in [0.717, 1.165) is 21.5 Å². The molecule has 0 aliphatic carbocycles. The molecular formula is C48H30O. The number of furan rings is 1. The van der Waals surface area contributed by atoms with E-state index >= 15 is 0 Å². The fraction of sp³-hybridized carbons (Fsp3) is 0. The van der Waals surface area contributed by atoms with Crippen molar-refractivity contribution in [3.05, 3.63) is 182 Å². The SMILES string of the molecule is [2H]c1c([2H])c([2H])c(-c2ccc3oc(-c4ccc5ccc6ccccc6c5c4)c(-c4c5c([2H])c([2H])c([2H])c([2H])c5c(-c5ccccc5)c5c([2H])c([2H])c([2H])c([2H])c45)c3c2)c([2H])c1[2H]. The Morgan fingerprint density at radius 3 is 1.65 bits per heavy atom. The van der Waals surface area contributed by atoms with Crippen molar-refractivity contribution in [3.63, 3.8) is 0 Å². The van der Waals surface area contributed by atoms with Crippen LogP contribution in [-0.2, 0) is 0 Å². The molecule has 9 aromatic carbocycles. The Morgan fingerprint density at radius 2 is 0.918 bits per heavy atom. The van der Waals surface area contributed by atoms with Crippen LogP contribution in [0.25, 0.3) is 98.8 Å². The smallest absolute Gasteiger partial charge is 0.143 e. The van der Waals surface area contributed by atoms with Crippen molar-refractivity contribution in [2.45, 2.75) is 0 Å². The van der Waals surface area contributed by atoms with Gasteiger partial charge in [0.15, 0.2) is 0 Å². The van der Waals surface area contributed by atoms with Crippen LogP contribution in [0, 0.1) is 0 Å². The first-order chi connectivity index (χ1) is 29.7. The monoisotopic (exact) mass is 635 g/mol. The van der Waals surface area contributed by atoms with Crippen molar-refractivity contribution in [1.82, 2.24) is 0 Å². The van der Waals surface area contributed by atoms with Crippen LogP contribution in [0.2, 0.25) is 0 Å². The van der Waals surface area contributed by atoms with Gasteiger partial charge in [-0.25, -0.2) is 0 Å². The van der Waals surface area contributed by atoms with Crippen LogP contribution in [0.15, 0.2) is 186 Å². The van der Waals surface area contributed by atoms with E-state index in [-0.39, 0.29) is 60.7 Å². The van der Waals surface area contributed by atoms with E-state index in [1.165, 1.54) is 0 Å². The molecule has 1 heterocycles. The van der Waals surface area contributed by atoms with Gasteiger partial charge in [0.25, 0.3) is 0 Å². The summed E-state index contributed by atoms with van der Waals surface area (Å²) in [5.74, 6) is 0.211. The first kappa shape index (κ1) is 17.6. The molecule has 1 heteroatoms. The Bertz CT molecular complexity index is 3510. The van der Waals surface area contributed by atoms with Gasteiger partial charge in [-0.05, 0) is 83.5 Å². The number of rotatable bonds is 4. The number of hydrogen-bond acceptors (Lipinski definition) is 1. The molecule has 49 heavy (non-hydrogen) atoms. The molecule has 0 atom stereocenters. The topological polar surface area (TPSA) is 13.1 Å². The molecule has 0 aliphatic rings. The highest BCUT2D eigenvalue weighted by molar-refractivity contribution is 6.25. The Labute approximate surface area is 302 Å². The minimum absolute atomic E-state index is 0.0178. The van der Waals surface area contributed by atoms with E-state index in [1.807, 2.05) is 54.6 Å². The predicted molar refractivity (Wildman–Crippen MR) is 208 cm³/mol. The highest BCUT2D eigenvalue weighted by Crippen LogP contribution is 2.50. The zero-order valence-corrected chi connectivity index (χ0v) is 25.7. The second-order valence-electron chi connectivity index (χ2n) is 11.9. The first-order valence-corrected chi connectivity index (χ1v) is 15.8. The molecule has 228 valence electrons. The van der Waals surface area contributed by atoms with Crippen molar-refractivity contribution in [1.29, 1.82) is 0 Å². The molecule has 0 radical (unpaired) electrons. The average Bonchev–Trinajstić information content (AvgIpc) is 3.67. The second-order valence-corrected chi connectivity index (χ2v) is 11.9. The Hall–Kier alpha value is -6.44. The van der Waals surface area contributed by atoms with Crippen LogP contribution in [0.1, 0.15) is 17.8 Å². The summed E-state index contributed by atoms with van der Waals surface area (Å²) >= 11 is 0. The third kappa shape index (κ3) is 4.40. The molecule has 10 rings (SSSR count). The van der Waals surface area contributed by atoms with Crippen LogP contribution in [-0.4, -0.2) is 0 Å². The summed E-state index contributed by atoms with van der Waals surface area (Å²) in [6.07, 6.45) is 0. The van der Waals surface area contributed by atoms with E-state index in [1.54, 1.807) is 48.5 Å². The molecule has 1 aromatic heterocycles. The van der Waals surface area contributed by atoms with E-state index < -0.39 is 78.6 Å². The van der Waals surface area contributed by atoms with E-state index in [9.17, 15) is 5.48 Å². The number of hydrogen-bond donors (Lipinski definition) is 0. The van der Waals surface area contributed by atoms with Gasteiger partial charge >= 0.3 is 0 Å². The van der Waals surface area contributed by atoms with Gasteiger partial charge in [-0.15, -0.1) is 0 Å². The normalized spacial score (nSPS) is 15.4. The summed E-state index contributed by atoms with van der Waals surface area (Å²) in [7, 11) is 0. The van der Waals surface area contributed by atoms with Crippen LogP contribution in [0.3, 0.4) is 0 Å². The van der Waals surface area contributed by atoms with Crippen LogP contribution in [0.4, 0.5) is 0 Å². The molecule has 0 N–H and O–H groups in total. The van der Waals surface area contributed by atoms with Gasteiger partial charge < -0.3 is 4.42 Å². The Kier molecular flexibility index (Phi) is 3.99. The molecule has 0 bridgehead atoms. The largest absolute Gasteiger partial charge is 0.455 e. The summed E-state index contributed by atoms with van der Waals surface area (Å²) in [5.41, 5.74) is 1.89. The third-order valence-electron chi connectivity index (χ3n) is 9.17. The number of benzene rings is 9. The van der Waals surface area contributed by atoms with Crippen molar-refractivity contribution in [2.75, 3.05) is 0 Å². The molecule has 0 fully saturated rings. The fourth-order valence-corrected chi connectivity index (χ4v) is 7.01. The maximum absolute atomic E-state index is 9.58. The standard InChI is InChI=1S/C48H30O/c1-3-13-31(14-4-1)35-27-28-44-43(29-35)47(48(49-44)36-26-25-33-24-23-32-15-7-8-18-37(32)42(33)30-36)46-40-21-11-9-19-38(40)45(34-16-5-2-6-17-34)39-20-10-12-22-41(39)46/h1-30H/i1D,3D,4D,9D,10D,11D,12D,13D,14D,19D,20D,21D,22D. The Morgan fingerprint density at radius 1 is 0.347 bits per heavy atom. The zero-order valence-electron chi connectivity index (χ0n) is 38.7. The summed E-state index contributed by atoms with van der Waals surface area (Å²) in [6.45, 7) is 0. The van der Waals surface area contributed by atoms with Gasteiger partial charge in [-0.3, -0.25) is 0 Å². The lowest BCUT2D eigenvalue weighted by Gasteiger charge is -2.18. The molecular weight excluding hydrogens is 593 g/mol. The number of fused-ring (bicyclic) bond motifs is 6. The molecule has 10 aromatic rings. The lowest BCUT2D eigenvalue weighted by atomic mass is 9.84. The summed E-state index contributed by atoms with van der Waals surface area (Å²) in [6, 6.07) is 24.7. The van der Waals surface area contributed by atoms with Gasteiger partial charge in [0, 0.05) is 22.1 Å². The maximum Gasteiger partial charge on any atom is 0.143 e. The van der Waals surface area contributed by atoms with E-state index in [0.29, 0.717) is 16.5 Å². The van der Waals surface area contributed by atoms with Crippen LogP contribution < -0.4 is 0 Å². The maximum atomic E-state index is 9.58. The molecule has 0 spiro atoms. The fourth-order valence-electron chi connectivity index (χ4n) is 7.01. The van der Waals surface area contributed by atoms with Crippen LogP contribution in [0.5, 0.6) is 0 Å². The van der Waals surface area contributed by atoms with Crippen molar-refractivity contribution in [3.8, 4) is 44.7 Å². The minimum Gasteiger partial charge on any atom is -0.455 e. The van der Waals surface area contributed by atoms with E-state index in [2.05, 4.69) is 0 Å². The lowest BCUT2D eigenvalue weighted by Crippen LogP contribution is -1.91. The van der Waals surface area contributed by atoms with Gasteiger partial charge in [0.05, 0.1) is 17.8 Å². The van der Waals surface area contributed by atoms with Crippen molar-refractivity contribution < 1.29 is 22.2 Å². The summed E-state index contributed by atoms with van der Waals surface area (Å²) in [5, 5.41) is 4.08. The highest BCUT2D eigenvalue weighted by Gasteiger charge is 2.24. The molecule has 0 saturated heterocycles. The zero-order chi connectivity index (χ0) is 43.6. The highest BCUT2D eigenvalue weighted by atomic mass is 16.3. The lowest BCUT2D eigenvalue weighted by molar-refractivity contribution is 0.632. The molecule has 0 aliphatic heterocycles. The van der Waals surface area contributed by atoms with Gasteiger partial charge in [-0.2, -0.15) is 0 Å². The van der Waals surface area contributed by atoms with Gasteiger partial charge in [-0.1, -0.05) is 163 Å². The minimum atomic E-state index is -0.561. The summed E-state index contributed by atoms with van der Waals surface area (Å²) < 4.78 is 123. The predicted octanol–water partition coefficient (Wildman–Crippen LogP) is 13.7. The molecule has 1 nitrogen and oxygen atoms in total. The quantitative estimate of drug-likeness (QED) is 0.139. The van der Waals surface area contributed by atoms with Gasteiger partial charge in [0.1, 0.15) is 11.3 Å². The van der Waals surface area contributed by atoms with Gasteiger partial charge in [0.2, 0.25) is 0 Å². The van der Waals surface area contributed by atoms with E-state index in [4.69, 9.17) is 16.8 Å². The Balaban J connectivity index is 1.48. The van der Waals surface area contributed by atoms with Crippen molar-refractivity contribution >= 4 is 54.1 Å². The second kappa shape index (κ2) is 11.1. The summed E-state index contributed by atoms with van der Waals surface area (Å²) in [4.78, 5) is 0. The third-order valence-corrected chi connectivity index (χ3v) is 9.17. The van der Waals surface area contributed by atoms with Crippen molar-refractivity contribution in [2.24, 2.45) is 0 Å².